The van der Waals surface area contributed by atoms with Crippen molar-refractivity contribution < 1.29 is 9.15 Å². The Morgan fingerprint density at radius 3 is 2.95 bits per heavy atom. The number of para-hydroxylation sites is 1. The molecule has 120 valence electrons. The van der Waals surface area contributed by atoms with Crippen LogP contribution in [0.3, 0.4) is 0 Å². The summed E-state index contributed by atoms with van der Waals surface area (Å²) >= 11 is 0. The third kappa shape index (κ3) is 3.55. The molecule has 1 fully saturated rings. The highest BCUT2D eigenvalue weighted by molar-refractivity contribution is 14.0. The van der Waals surface area contributed by atoms with Crippen LogP contribution in [0.4, 0.5) is 0 Å². The molecule has 0 aliphatic carbocycles. The number of morpholine rings is 1. The van der Waals surface area contributed by atoms with E-state index in [-0.39, 0.29) is 30.1 Å². The quantitative estimate of drug-likeness (QED) is 0.466. The first kappa shape index (κ1) is 17.1. The maximum Gasteiger partial charge on any atom is 0.191 e. The van der Waals surface area contributed by atoms with Crippen molar-refractivity contribution in [2.45, 2.75) is 26.5 Å². The number of nitrogens with two attached hydrogens (primary N) is 1. The van der Waals surface area contributed by atoms with Crippen molar-refractivity contribution in [1.29, 1.82) is 0 Å². The summed E-state index contributed by atoms with van der Waals surface area (Å²) in [6.45, 7) is 6.85. The zero-order valence-corrected chi connectivity index (χ0v) is 15.2. The summed E-state index contributed by atoms with van der Waals surface area (Å²) in [6, 6.07) is 8.02. The Morgan fingerprint density at radius 1 is 1.41 bits per heavy atom. The third-order valence-corrected chi connectivity index (χ3v) is 3.86. The van der Waals surface area contributed by atoms with Gasteiger partial charge in [0.25, 0.3) is 0 Å². The van der Waals surface area contributed by atoms with E-state index in [4.69, 9.17) is 14.9 Å². The van der Waals surface area contributed by atoms with E-state index in [1.165, 1.54) is 0 Å². The lowest BCUT2D eigenvalue weighted by Crippen LogP contribution is -2.47. The van der Waals surface area contributed by atoms with Gasteiger partial charge < -0.3 is 19.8 Å². The van der Waals surface area contributed by atoms with Gasteiger partial charge in [-0.1, -0.05) is 18.2 Å². The van der Waals surface area contributed by atoms with Gasteiger partial charge >= 0.3 is 0 Å². The summed E-state index contributed by atoms with van der Waals surface area (Å²) in [7, 11) is 0. The number of aliphatic imine (C=N–C) groups is 1. The van der Waals surface area contributed by atoms with E-state index < -0.39 is 0 Å². The molecule has 0 spiro atoms. The normalized spacial score (nSPS) is 19.3. The summed E-state index contributed by atoms with van der Waals surface area (Å²) in [4.78, 5) is 6.62. The van der Waals surface area contributed by atoms with Crippen LogP contribution in [0.1, 0.15) is 18.2 Å². The Hall–Kier alpha value is -1.28. The molecular formula is C16H22IN3O2. The van der Waals surface area contributed by atoms with Crippen LogP contribution < -0.4 is 5.73 Å². The van der Waals surface area contributed by atoms with E-state index >= 15 is 0 Å². The molecule has 1 aliphatic rings. The zero-order chi connectivity index (χ0) is 14.8. The number of rotatable bonds is 2. The second-order valence-electron chi connectivity index (χ2n) is 5.43. The predicted molar refractivity (Wildman–Crippen MR) is 98.7 cm³/mol. The highest BCUT2D eigenvalue weighted by atomic mass is 127. The van der Waals surface area contributed by atoms with Crippen LogP contribution in [0.25, 0.3) is 11.0 Å². The van der Waals surface area contributed by atoms with E-state index in [0.29, 0.717) is 19.1 Å². The summed E-state index contributed by atoms with van der Waals surface area (Å²) in [5.74, 6) is 1.48. The summed E-state index contributed by atoms with van der Waals surface area (Å²) in [5.41, 5.74) is 8.12. The van der Waals surface area contributed by atoms with E-state index in [1.54, 1.807) is 0 Å². The topological polar surface area (TPSA) is 64.0 Å². The summed E-state index contributed by atoms with van der Waals surface area (Å²) in [5, 5.41) is 1.11. The van der Waals surface area contributed by atoms with Crippen LogP contribution in [0.2, 0.25) is 0 Å². The Kier molecular flexibility index (Phi) is 5.69. The molecule has 3 rings (SSSR count). The minimum atomic E-state index is 0. The molecule has 0 saturated carbocycles. The number of benzene rings is 1. The first-order valence-corrected chi connectivity index (χ1v) is 7.28. The fourth-order valence-corrected chi connectivity index (χ4v) is 2.70. The van der Waals surface area contributed by atoms with Gasteiger partial charge in [0, 0.05) is 24.0 Å². The molecule has 1 unspecified atom stereocenters. The SMILES string of the molecule is Cc1oc2ccccc2c1CN=C(N)N1CCOC(C)C1.I. The van der Waals surface area contributed by atoms with Gasteiger partial charge in [-0.15, -0.1) is 24.0 Å². The molecule has 1 aliphatic heterocycles. The van der Waals surface area contributed by atoms with Crippen molar-refractivity contribution in [1.82, 2.24) is 4.90 Å². The molecule has 2 heterocycles. The average Bonchev–Trinajstić information content (AvgIpc) is 2.80. The number of ether oxygens (including phenoxy) is 1. The maximum absolute atomic E-state index is 6.11. The molecule has 6 heteroatoms. The van der Waals surface area contributed by atoms with E-state index in [0.717, 1.165) is 35.4 Å². The number of aryl methyl sites for hydroxylation is 1. The molecule has 2 aromatic rings. The fraction of sp³-hybridized carbons (Fsp3) is 0.438. The smallest absolute Gasteiger partial charge is 0.191 e. The van der Waals surface area contributed by atoms with Gasteiger partial charge in [0.2, 0.25) is 0 Å². The lowest BCUT2D eigenvalue weighted by Gasteiger charge is -2.31. The van der Waals surface area contributed by atoms with Gasteiger partial charge in [0.1, 0.15) is 11.3 Å². The molecule has 5 nitrogen and oxygen atoms in total. The van der Waals surface area contributed by atoms with Gasteiger partial charge in [-0.2, -0.15) is 0 Å². The van der Waals surface area contributed by atoms with Gasteiger partial charge in [-0.25, -0.2) is 4.99 Å². The van der Waals surface area contributed by atoms with Crippen molar-refractivity contribution in [3.05, 3.63) is 35.6 Å². The molecule has 2 N–H and O–H groups in total. The van der Waals surface area contributed by atoms with Gasteiger partial charge in [-0.3, -0.25) is 0 Å². The van der Waals surface area contributed by atoms with Crippen molar-refractivity contribution >= 4 is 40.9 Å². The van der Waals surface area contributed by atoms with Crippen LogP contribution in [0.15, 0.2) is 33.7 Å². The average molecular weight is 415 g/mol. The largest absolute Gasteiger partial charge is 0.461 e. The lowest BCUT2D eigenvalue weighted by molar-refractivity contribution is 0.00528. The minimum absolute atomic E-state index is 0. The molecule has 0 amide bonds. The van der Waals surface area contributed by atoms with Crippen LogP contribution >= 0.6 is 24.0 Å². The van der Waals surface area contributed by atoms with Crippen LogP contribution in [-0.2, 0) is 11.3 Å². The van der Waals surface area contributed by atoms with E-state index in [9.17, 15) is 0 Å². The fourth-order valence-electron chi connectivity index (χ4n) is 2.70. The Bertz CT molecular complexity index is 668. The van der Waals surface area contributed by atoms with Crippen LogP contribution in [0, 0.1) is 6.92 Å². The second-order valence-corrected chi connectivity index (χ2v) is 5.43. The summed E-state index contributed by atoms with van der Waals surface area (Å²) in [6.07, 6.45) is 0.198. The second kappa shape index (κ2) is 7.32. The van der Waals surface area contributed by atoms with Gasteiger partial charge in [-0.05, 0) is 19.9 Å². The number of nitrogens with zero attached hydrogens (tertiary/aromatic N) is 2. The lowest BCUT2D eigenvalue weighted by atomic mass is 10.1. The molecule has 1 saturated heterocycles. The third-order valence-electron chi connectivity index (χ3n) is 3.86. The summed E-state index contributed by atoms with van der Waals surface area (Å²) < 4.78 is 11.3. The van der Waals surface area contributed by atoms with Crippen molar-refractivity contribution in [2.75, 3.05) is 19.7 Å². The molecule has 1 aromatic heterocycles. The first-order valence-electron chi connectivity index (χ1n) is 7.28. The highest BCUT2D eigenvalue weighted by Crippen LogP contribution is 2.25. The Balaban J connectivity index is 0.00000176. The maximum atomic E-state index is 6.11. The molecule has 0 radical (unpaired) electrons. The van der Waals surface area contributed by atoms with Crippen LogP contribution in [0.5, 0.6) is 0 Å². The van der Waals surface area contributed by atoms with Crippen LogP contribution in [-0.4, -0.2) is 36.7 Å². The minimum Gasteiger partial charge on any atom is -0.461 e. The number of hydrogen-bond donors (Lipinski definition) is 1. The monoisotopic (exact) mass is 415 g/mol. The predicted octanol–water partition coefficient (Wildman–Crippen LogP) is 2.89. The van der Waals surface area contributed by atoms with Crippen molar-refractivity contribution in [2.24, 2.45) is 10.7 Å². The zero-order valence-electron chi connectivity index (χ0n) is 12.9. The van der Waals surface area contributed by atoms with E-state index in [1.807, 2.05) is 32.0 Å². The molecule has 0 bridgehead atoms. The molecule has 1 aromatic carbocycles. The van der Waals surface area contributed by atoms with Crippen molar-refractivity contribution in [3.8, 4) is 0 Å². The number of fused-ring (bicyclic) bond motifs is 1. The van der Waals surface area contributed by atoms with Crippen molar-refractivity contribution in [3.63, 3.8) is 0 Å². The molecule has 1 atom stereocenters. The van der Waals surface area contributed by atoms with E-state index in [2.05, 4.69) is 16.0 Å². The Labute approximate surface area is 147 Å². The number of guanidine groups is 1. The molecular weight excluding hydrogens is 393 g/mol. The van der Waals surface area contributed by atoms with Gasteiger partial charge in [0.05, 0.1) is 19.3 Å². The standard InChI is InChI=1S/C16H21N3O2.HI/c1-11-10-19(7-8-20-11)16(17)18-9-14-12(2)21-15-6-4-3-5-13(14)15;/h3-6,11H,7-10H2,1-2H3,(H2,17,18);1H. The first-order chi connectivity index (χ1) is 10.1. The number of halogens is 1. The number of hydrogen-bond acceptors (Lipinski definition) is 3. The Morgan fingerprint density at radius 2 is 2.18 bits per heavy atom. The van der Waals surface area contributed by atoms with Gasteiger partial charge in [0.15, 0.2) is 5.96 Å². The highest BCUT2D eigenvalue weighted by Gasteiger charge is 2.18. The number of furan rings is 1. The molecule has 22 heavy (non-hydrogen) atoms.